The molecule has 0 radical (unpaired) electrons. The molecule has 0 fully saturated rings. The van der Waals surface area contributed by atoms with Crippen molar-refractivity contribution < 1.29 is 0 Å². The Morgan fingerprint density at radius 2 is 2.14 bits per heavy atom. The van der Waals surface area contributed by atoms with E-state index in [1.807, 2.05) is 6.92 Å². The lowest BCUT2D eigenvalue weighted by Crippen LogP contribution is -2.22. The Morgan fingerprint density at radius 1 is 1.50 bits per heavy atom. The molecule has 0 spiro atoms. The van der Waals surface area contributed by atoms with E-state index in [9.17, 15) is 0 Å². The fourth-order valence-electron chi connectivity index (χ4n) is 1.15. The smallest absolute Gasteiger partial charge is 0.107 e. The van der Waals surface area contributed by atoms with Gasteiger partial charge < -0.3 is 10.6 Å². The highest BCUT2D eigenvalue weighted by molar-refractivity contribution is 7.09. The zero-order valence-corrected chi connectivity index (χ0v) is 10.1. The van der Waals surface area contributed by atoms with Crippen LogP contribution < -0.4 is 5.73 Å². The van der Waals surface area contributed by atoms with E-state index in [1.54, 1.807) is 11.3 Å². The molecule has 0 aliphatic carbocycles. The van der Waals surface area contributed by atoms with Gasteiger partial charge in [0, 0.05) is 23.9 Å². The Morgan fingerprint density at radius 3 is 2.64 bits per heavy atom. The Labute approximate surface area is 89.9 Å². The van der Waals surface area contributed by atoms with Crippen LogP contribution in [-0.2, 0) is 6.54 Å². The predicted molar refractivity (Wildman–Crippen MR) is 61.6 cm³/mol. The van der Waals surface area contributed by atoms with Crippen molar-refractivity contribution >= 4 is 11.3 Å². The summed E-state index contributed by atoms with van der Waals surface area (Å²) in [5.41, 5.74) is 6.96. The van der Waals surface area contributed by atoms with Gasteiger partial charge in [0.15, 0.2) is 0 Å². The lowest BCUT2D eigenvalue weighted by Gasteiger charge is -2.12. The van der Waals surface area contributed by atoms with Crippen molar-refractivity contribution in [2.45, 2.75) is 32.4 Å². The van der Waals surface area contributed by atoms with Crippen LogP contribution in [0.25, 0.3) is 0 Å². The molecule has 0 aliphatic rings. The SMILES string of the molecule is CC(N)C(C)c1csc(CN(C)C)n1. The Hall–Kier alpha value is -0.450. The van der Waals surface area contributed by atoms with Gasteiger partial charge in [0.05, 0.1) is 5.69 Å². The van der Waals surface area contributed by atoms with E-state index in [4.69, 9.17) is 5.73 Å². The maximum absolute atomic E-state index is 5.83. The van der Waals surface area contributed by atoms with Gasteiger partial charge in [-0.05, 0) is 21.0 Å². The lowest BCUT2D eigenvalue weighted by atomic mass is 10.0. The van der Waals surface area contributed by atoms with Crippen molar-refractivity contribution in [3.8, 4) is 0 Å². The third-order valence-electron chi connectivity index (χ3n) is 2.28. The maximum Gasteiger partial charge on any atom is 0.107 e. The molecule has 0 aromatic carbocycles. The van der Waals surface area contributed by atoms with E-state index < -0.39 is 0 Å². The molecule has 0 saturated carbocycles. The van der Waals surface area contributed by atoms with Crippen molar-refractivity contribution in [2.75, 3.05) is 14.1 Å². The van der Waals surface area contributed by atoms with Gasteiger partial charge in [0.2, 0.25) is 0 Å². The van der Waals surface area contributed by atoms with Gasteiger partial charge in [-0.2, -0.15) is 0 Å². The molecule has 1 aromatic heterocycles. The first kappa shape index (κ1) is 11.6. The Kier molecular flexibility index (Phi) is 4.04. The van der Waals surface area contributed by atoms with Crippen molar-refractivity contribution in [1.29, 1.82) is 0 Å². The number of hydrogen-bond donors (Lipinski definition) is 1. The number of rotatable bonds is 4. The minimum atomic E-state index is 0.171. The van der Waals surface area contributed by atoms with E-state index >= 15 is 0 Å². The van der Waals surface area contributed by atoms with Crippen molar-refractivity contribution in [3.63, 3.8) is 0 Å². The molecular weight excluding hydrogens is 194 g/mol. The van der Waals surface area contributed by atoms with Gasteiger partial charge in [-0.3, -0.25) is 0 Å². The van der Waals surface area contributed by atoms with Crippen LogP contribution >= 0.6 is 11.3 Å². The standard InChI is InChI=1S/C10H19N3S/c1-7(8(2)11)9-6-14-10(12-9)5-13(3)4/h6-8H,5,11H2,1-4H3. The van der Waals surface area contributed by atoms with Gasteiger partial charge in [0.25, 0.3) is 0 Å². The summed E-state index contributed by atoms with van der Waals surface area (Å²) in [4.78, 5) is 6.69. The summed E-state index contributed by atoms with van der Waals surface area (Å²) in [5, 5.41) is 3.28. The van der Waals surface area contributed by atoms with Crippen LogP contribution in [-0.4, -0.2) is 30.0 Å². The van der Waals surface area contributed by atoms with Crippen LogP contribution in [0.3, 0.4) is 0 Å². The third kappa shape index (κ3) is 3.04. The normalized spacial score (nSPS) is 15.9. The molecule has 2 unspecified atom stereocenters. The summed E-state index contributed by atoms with van der Waals surface area (Å²) < 4.78 is 0. The van der Waals surface area contributed by atoms with Gasteiger partial charge in [-0.15, -0.1) is 11.3 Å². The average molecular weight is 213 g/mol. The van der Waals surface area contributed by atoms with Crippen molar-refractivity contribution in [1.82, 2.24) is 9.88 Å². The zero-order chi connectivity index (χ0) is 10.7. The van der Waals surface area contributed by atoms with E-state index in [2.05, 4.69) is 36.3 Å². The van der Waals surface area contributed by atoms with Gasteiger partial charge >= 0.3 is 0 Å². The van der Waals surface area contributed by atoms with Crippen LogP contribution in [0.2, 0.25) is 0 Å². The number of thiazole rings is 1. The highest BCUT2D eigenvalue weighted by Crippen LogP contribution is 2.20. The molecular formula is C10H19N3S. The monoisotopic (exact) mass is 213 g/mol. The van der Waals surface area contributed by atoms with E-state index in [0.29, 0.717) is 5.92 Å². The highest BCUT2D eigenvalue weighted by atomic mass is 32.1. The molecule has 0 aliphatic heterocycles. The summed E-state index contributed by atoms with van der Waals surface area (Å²) in [6.45, 7) is 5.06. The highest BCUT2D eigenvalue weighted by Gasteiger charge is 2.13. The average Bonchev–Trinajstić information content (AvgIpc) is 2.50. The molecule has 2 N–H and O–H groups in total. The number of aromatic nitrogens is 1. The van der Waals surface area contributed by atoms with Crippen molar-refractivity contribution in [2.24, 2.45) is 5.73 Å². The molecule has 1 heterocycles. The van der Waals surface area contributed by atoms with Crippen LogP contribution in [0.4, 0.5) is 0 Å². The molecule has 80 valence electrons. The largest absolute Gasteiger partial charge is 0.327 e. The van der Waals surface area contributed by atoms with E-state index in [0.717, 1.165) is 17.2 Å². The summed E-state index contributed by atoms with van der Waals surface area (Å²) in [7, 11) is 4.10. The molecule has 1 rings (SSSR count). The van der Waals surface area contributed by atoms with E-state index in [1.165, 1.54) is 0 Å². The second kappa shape index (κ2) is 4.87. The Balaban J connectivity index is 2.67. The topological polar surface area (TPSA) is 42.1 Å². The molecule has 1 aromatic rings. The van der Waals surface area contributed by atoms with Gasteiger partial charge in [-0.25, -0.2) is 4.98 Å². The van der Waals surface area contributed by atoms with Crippen LogP contribution in [0, 0.1) is 0 Å². The fraction of sp³-hybridized carbons (Fsp3) is 0.700. The molecule has 3 nitrogen and oxygen atoms in total. The Bertz CT molecular complexity index is 281. The maximum atomic E-state index is 5.83. The zero-order valence-electron chi connectivity index (χ0n) is 9.32. The van der Waals surface area contributed by atoms with Crippen LogP contribution in [0.1, 0.15) is 30.5 Å². The van der Waals surface area contributed by atoms with Gasteiger partial charge in [0.1, 0.15) is 5.01 Å². The molecule has 0 bridgehead atoms. The quantitative estimate of drug-likeness (QED) is 0.827. The third-order valence-corrected chi connectivity index (χ3v) is 3.13. The first-order valence-electron chi connectivity index (χ1n) is 4.85. The van der Waals surface area contributed by atoms with Crippen LogP contribution in [0.15, 0.2) is 5.38 Å². The summed E-state index contributed by atoms with van der Waals surface area (Å²) in [6, 6.07) is 0.171. The molecule has 4 heteroatoms. The molecule has 0 saturated heterocycles. The summed E-state index contributed by atoms with van der Waals surface area (Å²) in [5.74, 6) is 0.349. The summed E-state index contributed by atoms with van der Waals surface area (Å²) >= 11 is 1.72. The van der Waals surface area contributed by atoms with Gasteiger partial charge in [-0.1, -0.05) is 6.92 Å². The molecule has 0 amide bonds. The number of hydrogen-bond acceptors (Lipinski definition) is 4. The lowest BCUT2D eigenvalue weighted by molar-refractivity contribution is 0.401. The first-order valence-corrected chi connectivity index (χ1v) is 5.73. The minimum Gasteiger partial charge on any atom is -0.327 e. The van der Waals surface area contributed by atoms with E-state index in [-0.39, 0.29) is 6.04 Å². The summed E-state index contributed by atoms with van der Waals surface area (Å²) in [6.07, 6.45) is 0. The van der Waals surface area contributed by atoms with Crippen molar-refractivity contribution in [3.05, 3.63) is 16.1 Å². The fourth-order valence-corrected chi connectivity index (χ4v) is 2.16. The second-order valence-corrected chi connectivity index (χ2v) is 4.99. The van der Waals surface area contributed by atoms with Crippen LogP contribution in [0.5, 0.6) is 0 Å². The number of nitrogens with two attached hydrogens (primary N) is 1. The molecule has 2 atom stereocenters. The number of nitrogens with zero attached hydrogens (tertiary/aromatic N) is 2. The molecule has 14 heavy (non-hydrogen) atoms. The second-order valence-electron chi connectivity index (χ2n) is 4.05. The minimum absolute atomic E-state index is 0.171. The predicted octanol–water partition coefficient (Wildman–Crippen LogP) is 1.66. The first-order chi connectivity index (χ1) is 6.50.